The summed E-state index contributed by atoms with van der Waals surface area (Å²) in [6.07, 6.45) is 1.41. The number of nitrogens with zero attached hydrogens (tertiary/aromatic N) is 7. The van der Waals surface area contributed by atoms with Crippen molar-refractivity contribution in [2.45, 2.75) is 0 Å². The first-order chi connectivity index (χ1) is 20.0. The van der Waals surface area contributed by atoms with Crippen LogP contribution in [0.15, 0.2) is 109 Å². The largest absolute Gasteiger partial charge is 3.00 e. The van der Waals surface area contributed by atoms with Crippen LogP contribution in [0.25, 0.3) is 33.4 Å². The first kappa shape index (κ1) is 29.8. The van der Waals surface area contributed by atoms with Gasteiger partial charge in [-0.3, -0.25) is 13.8 Å². The summed E-state index contributed by atoms with van der Waals surface area (Å²) >= 11 is 0. The van der Waals surface area contributed by atoms with E-state index in [4.69, 9.17) is 0 Å². The van der Waals surface area contributed by atoms with Gasteiger partial charge in [-0.1, -0.05) is 30.3 Å². The van der Waals surface area contributed by atoms with Gasteiger partial charge in [-0.15, -0.1) is 36.4 Å². The maximum Gasteiger partial charge on any atom is 3.00 e. The smallest absolute Gasteiger partial charge is 0.543 e. The predicted octanol–water partition coefficient (Wildman–Crippen LogP) is 4.16. The topological polar surface area (TPSA) is 114 Å². The summed E-state index contributed by atoms with van der Waals surface area (Å²) in [6.45, 7) is 0. The standard InChI is InChI=1S/2C12H7FN3.C6H5NO2.Ir/c2*13-9-4-3-5-10(8-9)16-14-11-6-1-2-7-12(11)15-16;8-6(9)5-3-1-2-4-7-5;/h2*1-2,4-8H;1-4H,(H,8,9);/q2*-1;;+3/p-1. The Morgan fingerprint density at radius 1 is 0.643 bits per heavy atom. The van der Waals surface area contributed by atoms with Gasteiger partial charge >= 0.3 is 20.1 Å². The first-order valence-electron chi connectivity index (χ1n) is 12.1. The van der Waals surface area contributed by atoms with Gasteiger partial charge in [0.1, 0.15) is 22.1 Å². The molecular formula is C30H18F2IrN7O2. The number of carboxylic acid groups (broad SMARTS) is 1. The molecule has 0 bridgehead atoms. The Kier molecular flexibility index (Phi) is 9.88. The van der Waals surface area contributed by atoms with Crippen LogP contribution >= 0.6 is 0 Å². The number of benzene rings is 4. The van der Waals surface area contributed by atoms with Gasteiger partial charge in [0.05, 0.1) is 11.7 Å². The van der Waals surface area contributed by atoms with Crippen molar-refractivity contribution >= 4 is 28.0 Å². The second kappa shape index (κ2) is 13.9. The number of aromatic carboxylic acids is 1. The fourth-order valence-corrected chi connectivity index (χ4v) is 3.53. The Morgan fingerprint density at radius 3 is 1.36 bits per heavy atom. The number of rotatable bonds is 3. The fourth-order valence-electron chi connectivity index (χ4n) is 3.53. The van der Waals surface area contributed by atoms with E-state index in [1.165, 1.54) is 46.1 Å². The minimum atomic E-state index is -1.24. The molecule has 12 heteroatoms. The molecule has 42 heavy (non-hydrogen) atoms. The average molecular weight is 739 g/mol. The number of halogens is 2. The normalized spacial score (nSPS) is 10.1. The van der Waals surface area contributed by atoms with E-state index in [0.717, 1.165) is 22.1 Å². The number of carbonyl (C=O) groups is 1. The van der Waals surface area contributed by atoms with Crippen LogP contribution in [-0.2, 0) is 20.1 Å². The van der Waals surface area contributed by atoms with Crippen molar-refractivity contribution in [3.05, 3.63) is 139 Å². The number of carboxylic acids is 1. The number of hydrogen-bond acceptors (Lipinski definition) is 7. The Labute approximate surface area is 251 Å². The van der Waals surface area contributed by atoms with E-state index in [0.29, 0.717) is 11.4 Å². The summed E-state index contributed by atoms with van der Waals surface area (Å²) in [6, 6.07) is 33.6. The molecule has 0 aliphatic rings. The van der Waals surface area contributed by atoms with Crippen LogP contribution in [0, 0.1) is 23.8 Å². The van der Waals surface area contributed by atoms with Crippen LogP contribution in [0.5, 0.6) is 0 Å². The van der Waals surface area contributed by atoms with Gasteiger partial charge in [0.2, 0.25) is 0 Å². The van der Waals surface area contributed by atoms with Crippen molar-refractivity contribution in [3.63, 3.8) is 0 Å². The molecule has 0 saturated carbocycles. The van der Waals surface area contributed by atoms with Gasteiger partial charge in [0, 0.05) is 17.8 Å². The van der Waals surface area contributed by atoms with E-state index < -0.39 is 5.97 Å². The Morgan fingerprint density at radius 2 is 1.05 bits per heavy atom. The summed E-state index contributed by atoms with van der Waals surface area (Å²) in [4.78, 5) is 16.4. The third kappa shape index (κ3) is 7.51. The third-order valence-electron chi connectivity index (χ3n) is 5.39. The van der Waals surface area contributed by atoms with Crippen LogP contribution in [0.2, 0.25) is 0 Å². The maximum absolute atomic E-state index is 13.0. The van der Waals surface area contributed by atoms with Gasteiger partial charge < -0.3 is 9.90 Å². The summed E-state index contributed by atoms with van der Waals surface area (Å²) in [5, 5.41) is 27.0. The fraction of sp³-hybridized carbons (Fsp3) is 0. The molecule has 9 nitrogen and oxygen atoms in total. The van der Waals surface area contributed by atoms with Crippen LogP contribution in [0.1, 0.15) is 10.5 Å². The van der Waals surface area contributed by atoms with Crippen molar-refractivity contribution in [2.24, 2.45) is 0 Å². The summed E-state index contributed by atoms with van der Waals surface area (Å²) in [5.41, 5.74) is 4.24. The molecule has 3 heterocycles. The molecule has 0 N–H and O–H groups in total. The summed E-state index contributed by atoms with van der Waals surface area (Å²) < 4.78 is 26.0. The molecule has 7 rings (SSSR count). The van der Waals surface area contributed by atoms with Gasteiger partial charge in [0.15, 0.2) is 0 Å². The van der Waals surface area contributed by atoms with Crippen LogP contribution in [0.4, 0.5) is 8.78 Å². The molecule has 0 amide bonds. The zero-order valence-electron chi connectivity index (χ0n) is 21.4. The van der Waals surface area contributed by atoms with E-state index in [1.807, 2.05) is 48.5 Å². The van der Waals surface area contributed by atoms with Crippen molar-refractivity contribution in [3.8, 4) is 11.4 Å². The minimum absolute atomic E-state index is 0. The number of pyridine rings is 1. The Hall–Kier alpha value is -5.19. The molecule has 0 radical (unpaired) electrons. The average Bonchev–Trinajstić information content (AvgIpc) is 3.63. The van der Waals surface area contributed by atoms with Crippen molar-refractivity contribution < 1.29 is 38.8 Å². The molecule has 208 valence electrons. The van der Waals surface area contributed by atoms with E-state index in [9.17, 15) is 18.7 Å². The first-order valence-corrected chi connectivity index (χ1v) is 12.1. The Bertz CT molecular complexity index is 1750. The van der Waals surface area contributed by atoms with Crippen LogP contribution < -0.4 is 5.11 Å². The van der Waals surface area contributed by atoms with E-state index in [1.54, 1.807) is 24.3 Å². The number of carbonyl (C=O) groups excluding carboxylic acids is 1. The molecule has 0 fully saturated rings. The van der Waals surface area contributed by atoms with E-state index in [-0.39, 0.29) is 37.4 Å². The quantitative estimate of drug-likeness (QED) is 0.250. The molecule has 0 unspecified atom stereocenters. The van der Waals surface area contributed by atoms with Crippen molar-refractivity contribution in [2.75, 3.05) is 0 Å². The number of aromatic nitrogens is 7. The molecule has 7 aromatic rings. The maximum atomic E-state index is 13.0. The molecule has 0 aliphatic carbocycles. The SMILES string of the molecule is Fc1c[c-]cc(-n2nc3ccccc3n2)c1.Fc1c[c-]cc(-n2nc3ccccc3n2)c1.O=C([O-])c1ccccn1.[Ir+3]. The van der Waals surface area contributed by atoms with E-state index >= 15 is 0 Å². The molecule has 0 aliphatic heterocycles. The summed E-state index contributed by atoms with van der Waals surface area (Å²) in [7, 11) is 0. The molecule has 4 aromatic carbocycles. The van der Waals surface area contributed by atoms with Gasteiger partial charge in [-0.25, -0.2) is 9.59 Å². The second-order valence-corrected chi connectivity index (χ2v) is 8.28. The number of hydrogen-bond donors (Lipinski definition) is 0. The molecular weight excluding hydrogens is 721 g/mol. The Balaban J connectivity index is 0.000000149. The zero-order chi connectivity index (χ0) is 28.6. The second-order valence-electron chi connectivity index (χ2n) is 8.28. The zero-order valence-corrected chi connectivity index (χ0v) is 23.8. The van der Waals surface area contributed by atoms with Crippen LogP contribution in [-0.4, -0.2) is 40.9 Å². The van der Waals surface area contributed by atoms with Crippen molar-refractivity contribution in [1.29, 1.82) is 0 Å². The molecule has 0 saturated heterocycles. The van der Waals surface area contributed by atoms with E-state index in [2.05, 4.69) is 37.5 Å². The van der Waals surface area contributed by atoms with Crippen molar-refractivity contribution in [1.82, 2.24) is 35.0 Å². The minimum Gasteiger partial charge on any atom is -0.543 e. The van der Waals surface area contributed by atoms with Gasteiger partial charge in [-0.2, -0.15) is 32.5 Å². The van der Waals surface area contributed by atoms with Gasteiger partial charge in [0.25, 0.3) is 0 Å². The molecule has 3 aromatic heterocycles. The molecule has 0 spiro atoms. The monoisotopic (exact) mass is 739 g/mol. The third-order valence-corrected chi connectivity index (χ3v) is 5.39. The van der Waals surface area contributed by atoms with Gasteiger partial charge in [-0.05, 0) is 47.8 Å². The van der Waals surface area contributed by atoms with Crippen LogP contribution in [0.3, 0.4) is 0 Å². The summed E-state index contributed by atoms with van der Waals surface area (Å²) in [5.74, 6) is -1.94. The molecule has 0 atom stereocenters. The number of fused-ring (bicyclic) bond motifs is 2. The predicted molar refractivity (Wildman–Crippen MR) is 144 cm³/mol.